The third-order valence-electron chi connectivity index (χ3n) is 5.02. The third-order valence-corrected chi connectivity index (χ3v) is 5.02. The second kappa shape index (κ2) is 7.76. The van der Waals surface area contributed by atoms with Crippen molar-refractivity contribution in [3.8, 4) is 11.5 Å². The van der Waals surface area contributed by atoms with Crippen molar-refractivity contribution in [1.29, 1.82) is 0 Å². The number of hydrogen-bond donors (Lipinski definition) is 3. The van der Waals surface area contributed by atoms with E-state index in [4.69, 9.17) is 9.47 Å². The molecule has 2 aromatic rings. The van der Waals surface area contributed by atoms with Gasteiger partial charge in [-0.25, -0.2) is 0 Å². The van der Waals surface area contributed by atoms with Gasteiger partial charge >= 0.3 is 0 Å². The van der Waals surface area contributed by atoms with Gasteiger partial charge in [0, 0.05) is 11.3 Å². The molecule has 0 unspecified atom stereocenters. The zero-order valence-corrected chi connectivity index (χ0v) is 14.8. The van der Waals surface area contributed by atoms with Crippen molar-refractivity contribution >= 4 is 11.6 Å². The highest BCUT2D eigenvalue weighted by atomic mass is 16.7. The summed E-state index contributed by atoms with van der Waals surface area (Å²) >= 11 is 0. The maximum atomic E-state index is 12.2. The molecule has 0 aromatic heterocycles. The van der Waals surface area contributed by atoms with Crippen molar-refractivity contribution in [2.45, 2.75) is 6.54 Å². The number of rotatable bonds is 5. The Labute approximate surface area is 153 Å². The molecule has 4 rings (SSSR count). The number of carbonyl (C=O) groups excluding carboxylic acids is 1. The number of hydrogen-bond acceptors (Lipinski definition) is 3. The minimum absolute atomic E-state index is 0.0884. The molecular formula is C20H25N3O3+2. The molecule has 1 amide bonds. The minimum Gasteiger partial charge on any atom is -0.454 e. The fourth-order valence-electron chi connectivity index (χ4n) is 3.60. The molecule has 0 spiro atoms. The van der Waals surface area contributed by atoms with E-state index >= 15 is 0 Å². The molecule has 2 heterocycles. The number of benzene rings is 2. The fourth-order valence-corrected chi connectivity index (χ4v) is 3.60. The lowest BCUT2D eigenvalue weighted by Gasteiger charge is -2.29. The van der Waals surface area contributed by atoms with Gasteiger partial charge in [0.1, 0.15) is 32.7 Å². The highest BCUT2D eigenvalue weighted by molar-refractivity contribution is 5.91. The topological polar surface area (TPSA) is 56.4 Å². The van der Waals surface area contributed by atoms with Crippen LogP contribution in [0.15, 0.2) is 48.5 Å². The molecule has 26 heavy (non-hydrogen) atoms. The average Bonchev–Trinajstić information content (AvgIpc) is 3.12. The number of para-hydroxylation sites is 1. The van der Waals surface area contributed by atoms with E-state index < -0.39 is 0 Å². The smallest absolute Gasteiger partial charge is 0.279 e. The molecule has 2 aromatic carbocycles. The van der Waals surface area contributed by atoms with Crippen LogP contribution in [-0.2, 0) is 11.3 Å². The van der Waals surface area contributed by atoms with Crippen LogP contribution in [0.2, 0.25) is 0 Å². The zero-order chi connectivity index (χ0) is 17.8. The Bertz CT molecular complexity index is 758. The van der Waals surface area contributed by atoms with E-state index in [1.54, 1.807) is 4.90 Å². The Hall–Kier alpha value is -2.57. The summed E-state index contributed by atoms with van der Waals surface area (Å²) in [6.07, 6.45) is 0. The summed E-state index contributed by atoms with van der Waals surface area (Å²) in [7, 11) is 0. The first-order valence-corrected chi connectivity index (χ1v) is 9.17. The van der Waals surface area contributed by atoms with Gasteiger partial charge in [-0.05, 0) is 30.3 Å². The summed E-state index contributed by atoms with van der Waals surface area (Å²) < 4.78 is 10.8. The van der Waals surface area contributed by atoms with Gasteiger partial charge in [-0.1, -0.05) is 18.2 Å². The van der Waals surface area contributed by atoms with E-state index in [1.807, 2.05) is 36.4 Å². The second-order valence-corrected chi connectivity index (χ2v) is 6.96. The van der Waals surface area contributed by atoms with Gasteiger partial charge in [0.2, 0.25) is 6.79 Å². The van der Waals surface area contributed by atoms with Gasteiger partial charge in [0.15, 0.2) is 18.0 Å². The lowest BCUT2D eigenvalue weighted by Crippen LogP contribution is -3.28. The predicted molar refractivity (Wildman–Crippen MR) is 97.6 cm³/mol. The molecule has 1 fully saturated rings. The summed E-state index contributed by atoms with van der Waals surface area (Å²) in [5.41, 5.74) is 2.14. The molecule has 6 nitrogen and oxygen atoms in total. The van der Waals surface area contributed by atoms with Crippen LogP contribution < -0.4 is 24.6 Å². The van der Waals surface area contributed by atoms with Gasteiger partial charge < -0.3 is 24.6 Å². The van der Waals surface area contributed by atoms with E-state index in [1.165, 1.54) is 10.5 Å². The zero-order valence-electron chi connectivity index (χ0n) is 14.8. The summed E-state index contributed by atoms with van der Waals surface area (Å²) in [6, 6.07) is 15.8. The van der Waals surface area contributed by atoms with Gasteiger partial charge in [0.25, 0.3) is 5.91 Å². The van der Waals surface area contributed by atoms with Crippen LogP contribution in [0.5, 0.6) is 11.5 Å². The molecule has 0 atom stereocenters. The summed E-state index contributed by atoms with van der Waals surface area (Å²) in [4.78, 5) is 15.1. The maximum Gasteiger partial charge on any atom is 0.279 e. The van der Waals surface area contributed by atoms with E-state index in [0.29, 0.717) is 13.3 Å². The Morgan fingerprint density at radius 3 is 2.46 bits per heavy atom. The molecule has 0 saturated carbocycles. The van der Waals surface area contributed by atoms with Crippen LogP contribution in [0.25, 0.3) is 0 Å². The quantitative estimate of drug-likeness (QED) is 0.667. The van der Waals surface area contributed by atoms with Crippen molar-refractivity contribution in [3.05, 3.63) is 54.1 Å². The number of amides is 1. The van der Waals surface area contributed by atoms with E-state index in [2.05, 4.69) is 17.4 Å². The van der Waals surface area contributed by atoms with Gasteiger partial charge in [0.05, 0.1) is 0 Å². The van der Waals surface area contributed by atoms with E-state index in [9.17, 15) is 4.79 Å². The number of nitrogens with one attached hydrogen (secondary N) is 3. The molecule has 136 valence electrons. The number of quaternary nitrogens is 2. The normalized spacial score (nSPS) is 21.4. The number of anilines is 1. The first-order chi connectivity index (χ1) is 12.8. The lowest BCUT2D eigenvalue weighted by molar-refractivity contribution is -1.02. The number of carbonyl (C=O) groups is 1. The van der Waals surface area contributed by atoms with Crippen LogP contribution in [0.3, 0.4) is 0 Å². The molecule has 2 aliphatic rings. The molecule has 0 aliphatic carbocycles. The monoisotopic (exact) mass is 355 g/mol. The molecule has 0 radical (unpaired) electrons. The number of piperazine rings is 1. The maximum absolute atomic E-state index is 12.2. The van der Waals surface area contributed by atoms with Gasteiger partial charge in [-0.15, -0.1) is 0 Å². The Kier molecular flexibility index (Phi) is 5.04. The van der Waals surface area contributed by atoms with Crippen LogP contribution in [0, 0.1) is 0 Å². The van der Waals surface area contributed by atoms with Crippen molar-refractivity contribution in [3.63, 3.8) is 0 Å². The van der Waals surface area contributed by atoms with Crippen LogP contribution >= 0.6 is 0 Å². The Balaban J connectivity index is 1.23. The molecule has 6 heteroatoms. The Morgan fingerprint density at radius 2 is 1.65 bits per heavy atom. The van der Waals surface area contributed by atoms with Crippen molar-refractivity contribution in [2.24, 2.45) is 0 Å². The number of ether oxygens (including phenoxy) is 2. The standard InChI is InChI=1S/C20H23N3O3/c24-20(21-17-4-2-1-3-5-17)14-23-10-8-22(9-11-23)13-16-6-7-18-19(12-16)26-15-25-18/h1-7,12H,8-11,13-15H2,(H,21,24)/p+2. The van der Waals surface area contributed by atoms with Gasteiger partial charge in [-0.2, -0.15) is 0 Å². The molecule has 1 saturated heterocycles. The molecule has 0 bridgehead atoms. The highest BCUT2D eigenvalue weighted by Gasteiger charge is 2.25. The Morgan fingerprint density at radius 1 is 0.923 bits per heavy atom. The summed E-state index contributed by atoms with van der Waals surface area (Å²) in [6.45, 7) is 6.01. The van der Waals surface area contributed by atoms with Crippen LogP contribution in [-0.4, -0.2) is 45.4 Å². The van der Waals surface area contributed by atoms with E-state index in [-0.39, 0.29) is 5.91 Å². The lowest BCUT2D eigenvalue weighted by atomic mass is 10.1. The van der Waals surface area contributed by atoms with E-state index in [0.717, 1.165) is 49.9 Å². The van der Waals surface area contributed by atoms with Crippen molar-refractivity contribution in [2.75, 3.05) is 44.8 Å². The fraction of sp³-hybridized carbons (Fsp3) is 0.350. The van der Waals surface area contributed by atoms with Gasteiger partial charge in [-0.3, -0.25) is 4.79 Å². The summed E-state index contributed by atoms with van der Waals surface area (Å²) in [5, 5.41) is 2.97. The largest absolute Gasteiger partial charge is 0.454 e. The first kappa shape index (κ1) is 16.9. The van der Waals surface area contributed by atoms with Crippen molar-refractivity contribution in [1.82, 2.24) is 0 Å². The van der Waals surface area contributed by atoms with Crippen molar-refractivity contribution < 1.29 is 24.1 Å². The minimum atomic E-state index is 0.0884. The third kappa shape index (κ3) is 4.15. The second-order valence-electron chi connectivity index (χ2n) is 6.96. The molecular weight excluding hydrogens is 330 g/mol. The first-order valence-electron chi connectivity index (χ1n) is 9.17. The van der Waals surface area contributed by atoms with Crippen LogP contribution in [0.1, 0.15) is 5.56 Å². The summed E-state index contributed by atoms with van der Waals surface area (Å²) in [5.74, 6) is 1.77. The predicted octanol–water partition coefficient (Wildman–Crippen LogP) is -0.663. The molecule has 2 aliphatic heterocycles. The highest BCUT2D eigenvalue weighted by Crippen LogP contribution is 2.32. The average molecular weight is 355 g/mol. The SMILES string of the molecule is O=C(C[NH+]1CC[NH+](Cc2ccc3c(c2)OCO3)CC1)Nc1ccccc1. The molecule has 3 N–H and O–H groups in total. The van der Waals surface area contributed by atoms with Crippen LogP contribution in [0.4, 0.5) is 5.69 Å². The number of fused-ring (bicyclic) bond motifs is 1.